The van der Waals surface area contributed by atoms with Crippen molar-refractivity contribution in [1.29, 1.82) is 0 Å². The third-order valence-electron chi connectivity index (χ3n) is 4.16. The first kappa shape index (κ1) is 15.1. The molecule has 2 unspecified atom stereocenters. The average molecular weight is 294 g/mol. The van der Waals surface area contributed by atoms with Crippen LogP contribution in [0.4, 0.5) is 13.2 Å². The lowest BCUT2D eigenvalue weighted by Gasteiger charge is -2.35. The molecule has 0 aromatic heterocycles. The zero-order chi connectivity index (χ0) is 15.0. The van der Waals surface area contributed by atoms with Crippen molar-refractivity contribution in [3.8, 4) is 0 Å². The highest BCUT2D eigenvalue weighted by Crippen LogP contribution is 2.45. The molecule has 2 fully saturated rings. The summed E-state index contributed by atoms with van der Waals surface area (Å²) < 4.78 is 39.9. The Bertz CT molecular complexity index is 405. The summed E-state index contributed by atoms with van der Waals surface area (Å²) in [5, 5.41) is 11.4. The Balaban J connectivity index is 2.22. The van der Waals surface area contributed by atoms with Crippen molar-refractivity contribution in [2.45, 2.75) is 37.9 Å². The van der Waals surface area contributed by atoms with Gasteiger partial charge in [0.25, 0.3) is 0 Å². The molecule has 0 bridgehead atoms. The molecule has 1 amide bonds. The van der Waals surface area contributed by atoms with Gasteiger partial charge in [-0.25, -0.2) is 0 Å². The van der Waals surface area contributed by atoms with Gasteiger partial charge in [-0.2, -0.15) is 13.2 Å². The number of carbonyl (C=O) groups is 2. The van der Waals surface area contributed by atoms with E-state index in [-0.39, 0.29) is 25.9 Å². The van der Waals surface area contributed by atoms with E-state index in [1.54, 1.807) is 0 Å². The maximum Gasteiger partial charge on any atom is 0.404 e. The van der Waals surface area contributed by atoms with E-state index in [2.05, 4.69) is 5.32 Å². The first-order valence-electron chi connectivity index (χ1n) is 6.58. The van der Waals surface area contributed by atoms with Gasteiger partial charge in [-0.3, -0.25) is 9.59 Å². The molecule has 0 saturated carbocycles. The molecule has 2 aliphatic heterocycles. The minimum Gasteiger partial charge on any atom is -0.481 e. The monoisotopic (exact) mass is 294 g/mol. The number of aliphatic carboxylic acids is 1. The topological polar surface area (TPSA) is 69.6 Å². The molecule has 2 aliphatic rings. The number of amides is 1. The van der Waals surface area contributed by atoms with Gasteiger partial charge in [-0.15, -0.1) is 0 Å². The van der Waals surface area contributed by atoms with Crippen molar-refractivity contribution in [2.24, 2.45) is 5.41 Å². The van der Waals surface area contributed by atoms with E-state index in [0.717, 1.165) is 4.90 Å². The van der Waals surface area contributed by atoms with Gasteiger partial charge in [-0.05, 0) is 25.8 Å². The van der Waals surface area contributed by atoms with Crippen LogP contribution in [-0.4, -0.2) is 53.7 Å². The fraction of sp³-hybridized carbons (Fsp3) is 0.833. The van der Waals surface area contributed by atoms with Crippen molar-refractivity contribution in [3.05, 3.63) is 0 Å². The van der Waals surface area contributed by atoms with Crippen LogP contribution in [0.5, 0.6) is 0 Å². The summed E-state index contributed by atoms with van der Waals surface area (Å²) in [4.78, 5) is 24.2. The third kappa shape index (κ3) is 2.48. The Hall–Kier alpha value is -1.31. The van der Waals surface area contributed by atoms with Crippen molar-refractivity contribution in [3.63, 3.8) is 0 Å². The van der Waals surface area contributed by atoms with Crippen molar-refractivity contribution in [1.82, 2.24) is 10.2 Å². The molecule has 0 aliphatic carbocycles. The van der Waals surface area contributed by atoms with E-state index in [1.165, 1.54) is 0 Å². The van der Waals surface area contributed by atoms with Crippen LogP contribution in [0.3, 0.4) is 0 Å². The smallest absolute Gasteiger partial charge is 0.404 e. The molecule has 0 spiro atoms. The molecule has 0 aromatic rings. The van der Waals surface area contributed by atoms with Crippen LogP contribution in [-0.2, 0) is 9.59 Å². The predicted molar refractivity (Wildman–Crippen MR) is 63.0 cm³/mol. The summed E-state index contributed by atoms with van der Waals surface area (Å²) >= 11 is 0. The number of nitrogens with zero attached hydrogens (tertiary/aromatic N) is 1. The first-order valence-corrected chi connectivity index (χ1v) is 6.58. The van der Waals surface area contributed by atoms with Gasteiger partial charge in [0.05, 0.1) is 6.42 Å². The summed E-state index contributed by atoms with van der Waals surface area (Å²) in [5.74, 6) is -2.07. The highest BCUT2D eigenvalue weighted by atomic mass is 19.4. The second kappa shape index (κ2) is 5.23. The number of carboxylic acid groups (broad SMARTS) is 1. The number of carbonyl (C=O) groups excluding carboxylic acids is 1. The summed E-state index contributed by atoms with van der Waals surface area (Å²) in [5.41, 5.74) is -2.39. The predicted octanol–water partition coefficient (Wildman–Crippen LogP) is 0.994. The molecule has 2 heterocycles. The second-order valence-corrected chi connectivity index (χ2v) is 5.40. The van der Waals surface area contributed by atoms with Gasteiger partial charge >= 0.3 is 12.1 Å². The molecule has 20 heavy (non-hydrogen) atoms. The van der Waals surface area contributed by atoms with Gasteiger partial charge < -0.3 is 15.3 Å². The average Bonchev–Trinajstić information content (AvgIpc) is 2.94. The number of alkyl halides is 3. The van der Waals surface area contributed by atoms with E-state index >= 15 is 0 Å². The SMILES string of the molecule is O=C(O)CC1CCCN1C(=O)C1(C(F)(F)F)CCNC1. The van der Waals surface area contributed by atoms with E-state index in [4.69, 9.17) is 5.11 Å². The number of nitrogens with one attached hydrogen (secondary N) is 1. The number of likely N-dealkylation sites (tertiary alicyclic amines) is 1. The molecule has 2 N–H and O–H groups in total. The minimum atomic E-state index is -4.62. The van der Waals surface area contributed by atoms with Gasteiger partial charge in [0.1, 0.15) is 0 Å². The van der Waals surface area contributed by atoms with E-state index in [0.29, 0.717) is 12.8 Å². The molecule has 0 aromatic carbocycles. The Morgan fingerprint density at radius 2 is 2.10 bits per heavy atom. The van der Waals surface area contributed by atoms with Crippen molar-refractivity contribution >= 4 is 11.9 Å². The largest absolute Gasteiger partial charge is 0.481 e. The molecular formula is C12H17F3N2O3. The highest BCUT2D eigenvalue weighted by Gasteiger charge is 2.63. The fourth-order valence-corrected chi connectivity index (χ4v) is 3.03. The molecule has 5 nitrogen and oxygen atoms in total. The summed E-state index contributed by atoms with van der Waals surface area (Å²) in [6.07, 6.45) is -4.22. The molecule has 2 saturated heterocycles. The van der Waals surface area contributed by atoms with Crippen molar-refractivity contribution < 1.29 is 27.9 Å². The fourth-order valence-electron chi connectivity index (χ4n) is 3.03. The van der Waals surface area contributed by atoms with Gasteiger partial charge in [0.15, 0.2) is 5.41 Å². The maximum atomic E-state index is 13.3. The van der Waals surface area contributed by atoms with Crippen LogP contribution in [0.1, 0.15) is 25.7 Å². The van der Waals surface area contributed by atoms with Crippen LogP contribution >= 0.6 is 0 Å². The van der Waals surface area contributed by atoms with Crippen LogP contribution in [0.2, 0.25) is 0 Å². The highest BCUT2D eigenvalue weighted by molar-refractivity contribution is 5.85. The van der Waals surface area contributed by atoms with Gasteiger partial charge in [0, 0.05) is 19.1 Å². The lowest BCUT2D eigenvalue weighted by molar-refractivity contribution is -0.222. The minimum absolute atomic E-state index is 0.142. The van der Waals surface area contributed by atoms with Gasteiger partial charge in [0.2, 0.25) is 5.91 Å². The number of rotatable bonds is 3. The number of hydrogen-bond acceptors (Lipinski definition) is 3. The zero-order valence-electron chi connectivity index (χ0n) is 10.9. The Morgan fingerprint density at radius 1 is 1.40 bits per heavy atom. The quantitative estimate of drug-likeness (QED) is 0.814. The Morgan fingerprint density at radius 3 is 2.60 bits per heavy atom. The van der Waals surface area contributed by atoms with E-state index < -0.39 is 36.1 Å². The number of hydrogen-bond donors (Lipinski definition) is 2. The normalized spacial score (nSPS) is 30.8. The maximum absolute atomic E-state index is 13.3. The van der Waals surface area contributed by atoms with E-state index in [9.17, 15) is 22.8 Å². The lowest BCUT2D eigenvalue weighted by atomic mass is 9.84. The first-order chi connectivity index (χ1) is 9.28. The summed E-state index contributed by atoms with van der Waals surface area (Å²) in [6, 6.07) is -0.625. The Kier molecular flexibility index (Phi) is 3.95. The summed E-state index contributed by atoms with van der Waals surface area (Å²) in [7, 11) is 0. The second-order valence-electron chi connectivity index (χ2n) is 5.40. The molecule has 8 heteroatoms. The standard InChI is InChI=1S/C12H17F3N2O3/c13-12(14,15)11(3-4-16-7-11)10(20)17-5-1-2-8(17)6-9(18)19/h8,16H,1-7H2,(H,18,19). The van der Waals surface area contributed by atoms with Crippen LogP contribution in [0.15, 0.2) is 0 Å². The molecule has 114 valence electrons. The van der Waals surface area contributed by atoms with Crippen LogP contribution in [0.25, 0.3) is 0 Å². The zero-order valence-corrected chi connectivity index (χ0v) is 10.9. The molecule has 0 radical (unpaired) electrons. The number of halogens is 3. The molecular weight excluding hydrogens is 277 g/mol. The number of carboxylic acids is 1. The van der Waals surface area contributed by atoms with E-state index in [1.807, 2.05) is 0 Å². The Labute approximate surface area is 114 Å². The third-order valence-corrected chi connectivity index (χ3v) is 4.16. The molecule has 2 atom stereocenters. The van der Waals surface area contributed by atoms with Crippen molar-refractivity contribution in [2.75, 3.05) is 19.6 Å². The van der Waals surface area contributed by atoms with Crippen LogP contribution in [0, 0.1) is 5.41 Å². The molecule has 2 rings (SSSR count). The summed E-state index contributed by atoms with van der Waals surface area (Å²) in [6.45, 7) is -0.0804. The lowest BCUT2D eigenvalue weighted by Crippen LogP contribution is -2.54. The van der Waals surface area contributed by atoms with Crippen LogP contribution < -0.4 is 5.32 Å². The van der Waals surface area contributed by atoms with Gasteiger partial charge in [-0.1, -0.05) is 0 Å².